The zero-order valence-corrected chi connectivity index (χ0v) is 20.8. The highest BCUT2D eigenvalue weighted by molar-refractivity contribution is 7.99. The van der Waals surface area contributed by atoms with E-state index in [4.69, 9.17) is 4.74 Å². The standard InChI is InChI=1S/C25H29N3O6S/c1-15-8-5-6-11-18(15)21-28(19(14-35-21)23(32)34-25(2,3)4)13-20(29)27-24(33)26-17-10-7-9-16(12-17)22(30)31/h5-12,19,21H,13-14H2,1-4H3,(H,30,31)(H2,26,27,29,33)/p-1. The van der Waals surface area contributed by atoms with Crippen LogP contribution in [0.3, 0.4) is 0 Å². The lowest BCUT2D eigenvalue weighted by Gasteiger charge is -2.30. The fourth-order valence-electron chi connectivity index (χ4n) is 3.65. The first-order valence-electron chi connectivity index (χ1n) is 11.0. The summed E-state index contributed by atoms with van der Waals surface area (Å²) in [5, 5.41) is 15.4. The summed E-state index contributed by atoms with van der Waals surface area (Å²) in [5.74, 6) is -2.00. The predicted octanol–water partition coefficient (Wildman–Crippen LogP) is 2.46. The lowest BCUT2D eigenvalue weighted by molar-refractivity contribution is -0.255. The van der Waals surface area contributed by atoms with E-state index < -0.39 is 35.5 Å². The van der Waals surface area contributed by atoms with E-state index in [-0.39, 0.29) is 23.2 Å². The zero-order valence-electron chi connectivity index (χ0n) is 20.0. The van der Waals surface area contributed by atoms with Gasteiger partial charge in [0.2, 0.25) is 5.91 Å². The van der Waals surface area contributed by atoms with E-state index in [1.165, 1.54) is 36.0 Å². The molecule has 2 atom stereocenters. The minimum atomic E-state index is -1.38. The molecular weight excluding hydrogens is 470 g/mol. The van der Waals surface area contributed by atoms with Crippen LogP contribution < -0.4 is 15.7 Å². The summed E-state index contributed by atoms with van der Waals surface area (Å²) in [6.45, 7) is 7.08. The molecule has 35 heavy (non-hydrogen) atoms. The zero-order chi connectivity index (χ0) is 25.8. The van der Waals surface area contributed by atoms with Gasteiger partial charge < -0.3 is 20.0 Å². The van der Waals surface area contributed by atoms with Crippen molar-refractivity contribution in [1.82, 2.24) is 10.2 Å². The van der Waals surface area contributed by atoms with Crippen molar-refractivity contribution in [2.75, 3.05) is 17.6 Å². The number of nitrogens with zero attached hydrogens (tertiary/aromatic N) is 1. The Bertz CT molecular complexity index is 1130. The first-order chi connectivity index (χ1) is 16.4. The molecule has 0 aliphatic carbocycles. The van der Waals surface area contributed by atoms with Crippen molar-refractivity contribution in [2.24, 2.45) is 0 Å². The average Bonchev–Trinajstić information content (AvgIpc) is 3.16. The van der Waals surface area contributed by atoms with Crippen LogP contribution in [0.25, 0.3) is 0 Å². The van der Waals surface area contributed by atoms with E-state index in [1.807, 2.05) is 31.2 Å². The SMILES string of the molecule is Cc1ccccc1C1SCC(C(=O)OC(C)(C)C)N1CC(=O)NC(=O)Nc1cccc(C(=O)[O-])c1. The number of hydrogen-bond donors (Lipinski definition) is 2. The van der Waals surface area contributed by atoms with Gasteiger partial charge in [-0.15, -0.1) is 11.8 Å². The second-order valence-corrected chi connectivity index (χ2v) is 10.2. The number of rotatable bonds is 6. The number of hydrogen-bond acceptors (Lipinski definition) is 8. The summed E-state index contributed by atoms with van der Waals surface area (Å²) < 4.78 is 5.58. The number of esters is 1. The molecule has 10 heteroatoms. The maximum absolute atomic E-state index is 12.9. The Labute approximate surface area is 208 Å². The van der Waals surface area contributed by atoms with Gasteiger partial charge >= 0.3 is 12.0 Å². The van der Waals surface area contributed by atoms with Gasteiger partial charge in [0, 0.05) is 11.4 Å². The van der Waals surface area contributed by atoms with Gasteiger partial charge in [-0.05, 0) is 56.5 Å². The fourth-order valence-corrected chi connectivity index (χ4v) is 5.20. The number of carboxylic acids is 1. The molecule has 2 aromatic rings. The third-order valence-corrected chi connectivity index (χ3v) is 6.53. The van der Waals surface area contributed by atoms with E-state index in [0.29, 0.717) is 5.75 Å². The van der Waals surface area contributed by atoms with E-state index in [0.717, 1.165) is 11.1 Å². The molecule has 0 radical (unpaired) electrons. The molecule has 3 rings (SSSR count). The summed E-state index contributed by atoms with van der Waals surface area (Å²) in [6, 6.07) is 11.7. The number of benzene rings is 2. The molecule has 2 unspecified atom stereocenters. The number of amides is 3. The van der Waals surface area contributed by atoms with Gasteiger partial charge in [0.25, 0.3) is 0 Å². The third-order valence-electron chi connectivity index (χ3n) is 5.18. The van der Waals surface area contributed by atoms with Crippen LogP contribution in [0.5, 0.6) is 0 Å². The first kappa shape index (κ1) is 26.2. The third kappa shape index (κ3) is 7.06. The minimum absolute atomic E-state index is 0.107. The van der Waals surface area contributed by atoms with Crippen LogP contribution in [-0.2, 0) is 14.3 Å². The lowest BCUT2D eigenvalue weighted by Crippen LogP contribution is -2.48. The van der Waals surface area contributed by atoms with Crippen molar-refractivity contribution < 1.29 is 29.0 Å². The molecule has 1 aliphatic heterocycles. The number of imide groups is 1. The quantitative estimate of drug-likeness (QED) is 0.582. The summed E-state index contributed by atoms with van der Waals surface area (Å²) >= 11 is 1.53. The van der Waals surface area contributed by atoms with Crippen molar-refractivity contribution in [1.29, 1.82) is 0 Å². The molecule has 0 spiro atoms. The van der Waals surface area contributed by atoms with Gasteiger partial charge in [0.05, 0.1) is 17.9 Å². The number of carbonyl (C=O) groups is 4. The molecule has 9 nitrogen and oxygen atoms in total. The second-order valence-electron chi connectivity index (χ2n) is 9.13. The maximum atomic E-state index is 12.9. The number of ether oxygens (including phenoxy) is 1. The summed E-state index contributed by atoms with van der Waals surface area (Å²) in [7, 11) is 0. The smallest absolute Gasteiger partial charge is 0.325 e. The summed E-state index contributed by atoms with van der Waals surface area (Å²) in [4.78, 5) is 50.9. The molecule has 2 aromatic carbocycles. The number of carbonyl (C=O) groups excluding carboxylic acids is 4. The van der Waals surface area contributed by atoms with E-state index in [9.17, 15) is 24.3 Å². The number of nitrogens with one attached hydrogen (secondary N) is 2. The van der Waals surface area contributed by atoms with Crippen LogP contribution in [0.15, 0.2) is 48.5 Å². The van der Waals surface area contributed by atoms with Gasteiger partial charge in [0.15, 0.2) is 0 Å². The highest BCUT2D eigenvalue weighted by Gasteiger charge is 2.42. The highest BCUT2D eigenvalue weighted by atomic mass is 32.2. The Morgan fingerprint density at radius 1 is 1.11 bits per heavy atom. The second kappa shape index (κ2) is 10.9. The molecule has 3 amide bonds. The highest BCUT2D eigenvalue weighted by Crippen LogP contribution is 2.42. The lowest BCUT2D eigenvalue weighted by atomic mass is 10.1. The van der Waals surface area contributed by atoms with Crippen molar-refractivity contribution >= 4 is 41.3 Å². The monoisotopic (exact) mass is 498 g/mol. The van der Waals surface area contributed by atoms with Crippen LogP contribution in [0.2, 0.25) is 0 Å². The molecule has 0 saturated carbocycles. The number of urea groups is 1. The van der Waals surface area contributed by atoms with E-state index in [2.05, 4.69) is 10.6 Å². The van der Waals surface area contributed by atoms with Crippen molar-refractivity contribution in [2.45, 2.75) is 44.7 Å². The summed E-state index contributed by atoms with van der Waals surface area (Å²) in [6.07, 6.45) is 0. The van der Waals surface area contributed by atoms with Gasteiger partial charge in [0.1, 0.15) is 11.6 Å². The predicted molar refractivity (Wildman–Crippen MR) is 131 cm³/mol. The first-order valence-corrected chi connectivity index (χ1v) is 12.1. The maximum Gasteiger partial charge on any atom is 0.325 e. The van der Waals surface area contributed by atoms with Crippen LogP contribution >= 0.6 is 11.8 Å². The van der Waals surface area contributed by atoms with Crippen LogP contribution in [0.1, 0.15) is 47.6 Å². The minimum Gasteiger partial charge on any atom is -0.545 e. The van der Waals surface area contributed by atoms with Crippen LogP contribution in [-0.4, -0.2) is 52.7 Å². The van der Waals surface area contributed by atoms with Crippen LogP contribution in [0, 0.1) is 6.92 Å². The van der Waals surface area contributed by atoms with Crippen molar-refractivity contribution in [3.63, 3.8) is 0 Å². The Hall–Kier alpha value is -3.37. The van der Waals surface area contributed by atoms with Crippen LogP contribution in [0.4, 0.5) is 10.5 Å². The molecule has 0 aromatic heterocycles. The molecule has 186 valence electrons. The number of thioether (sulfide) groups is 1. The van der Waals surface area contributed by atoms with E-state index in [1.54, 1.807) is 25.7 Å². The van der Waals surface area contributed by atoms with E-state index >= 15 is 0 Å². The molecule has 1 heterocycles. The van der Waals surface area contributed by atoms with Gasteiger partial charge in [-0.1, -0.05) is 36.4 Å². The average molecular weight is 499 g/mol. The Balaban J connectivity index is 1.74. The molecule has 0 bridgehead atoms. The molecule has 1 saturated heterocycles. The van der Waals surface area contributed by atoms with Crippen molar-refractivity contribution in [3.8, 4) is 0 Å². The van der Waals surface area contributed by atoms with Gasteiger partial charge in [-0.3, -0.25) is 19.8 Å². The largest absolute Gasteiger partial charge is 0.545 e. The normalized spacial score (nSPS) is 18.1. The van der Waals surface area contributed by atoms with Gasteiger partial charge in [-0.25, -0.2) is 4.79 Å². The fraction of sp³-hybridized carbons (Fsp3) is 0.360. The summed E-state index contributed by atoms with van der Waals surface area (Å²) in [5.41, 5.74) is 1.39. The Morgan fingerprint density at radius 3 is 2.49 bits per heavy atom. The number of anilines is 1. The number of aryl methyl sites for hydroxylation is 1. The number of aromatic carboxylic acids is 1. The molecular formula is C25H28N3O6S-. The topological polar surface area (TPSA) is 128 Å². The van der Waals surface area contributed by atoms with Crippen molar-refractivity contribution in [3.05, 3.63) is 65.2 Å². The molecule has 1 fully saturated rings. The Kier molecular flexibility index (Phi) is 8.18. The molecule has 2 N–H and O–H groups in total. The van der Waals surface area contributed by atoms with Gasteiger partial charge in [-0.2, -0.15) is 0 Å². The Morgan fingerprint density at radius 2 is 1.83 bits per heavy atom. The molecule has 1 aliphatic rings. The number of carboxylic acid groups (broad SMARTS) is 1.